The van der Waals surface area contributed by atoms with Gasteiger partial charge >= 0.3 is 0 Å². The first-order chi connectivity index (χ1) is 8.57. The lowest BCUT2D eigenvalue weighted by Gasteiger charge is -2.22. The second kappa shape index (κ2) is 11.6. The molecule has 0 aliphatic carbocycles. The van der Waals surface area contributed by atoms with Crippen molar-refractivity contribution >= 4 is 0 Å². The lowest BCUT2D eigenvalue weighted by Crippen LogP contribution is -2.26. The van der Waals surface area contributed by atoms with Gasteiger partial charge in [0.15, 0.2) is 0 Å². The second-order valence-electron chi connectivity index (χ2n) is 5.72. The number of rotatable bonds is 11. The molecule has 0 bridgehead atoms. The maximum Gasteiger partial charge on any atom is 0.00865 e. The van der Waals surface area contributed by atoms with Crippen LogP contribution in [-0.2, 0) is 0 Å². The van der Waals surface area contributed by atoms with Gasteiger partial charge in [-0.15, -0.1) is 0 Å². The molecule has 0 saturated carbocycles. The zero-order valence-corrected chi connectivity index (χ0v) is 13.3. The SMILES string of the molecule is CCC(CCCCCCCC=CN(C)C)N(C)C. The molecule has 1 unspecified atom stereocenters. The summed E-state index contributed by atoms with van der Waals surface area (Å²) in [6.07, 6.45) is 15.2. The molecule has 108 valence electrons. The van der Waals surface area contributed by atoms with Gasteiger partial charge in [0.05, 0.1) is 0 Å². The predicted octanol–water partition coefficient (Wildman–Crippen LogP) is 4.13. The van der Waals surface area contributed by atoms with Crippen LogP contribution in [0, 0.1) is 0 Å². The zero-order chi connectivity index (χ0) is 13.8. The predicted molar refractivity (Wildman–Crippen MR) is 82.9 cm³/mol. The summed E-state index contributed by atoms with van der Waals surface area (Å²) in [5, 5.41) is 0. The molecule has 1 atom stereocenters. The Morgan fingerprint density at radius 2 is 1.50 bits per heavy atom. The van der Waals surface area contributed by atoms with Crippen molar-refractivity contribution in [1.82, 2.24) is 9.80 Å². The first kappa shape index (κ1) is 17.5. The van der Waals surface area contributed by atoms with E-state index in [-0.39, 0.29) is 0 Å². The van der Waals surface area contributed by atoms with Crippen LogP contribution in [0.5, 0.6) is 0 Å². The molecule has 0 aromatic carbocycles. The van der Waals surface area contributed by atoms with E-state index in [1.165, 1.54) is 51.4 Å². The number of hydrogen-bond donors (Lipinski definition) is 0. The third-order valence-electron chi connectivity index (χ3n) is 3.51. The van der Waals surface area contributed by atoms with Crippen LogP contribution in [0.2, 0.25) is 0 Å². The minimum Gasteiger partial charge on any atom is -0.384 e. The molecule has 0 aromatic heterocycles. The molecule has 0 spiro atoms. The average molecular weight is 254 g/mol. The molecule has 0 saturated heterocycles. The summed E-state index contributed by atoms with van der Waals surface area (Å²) >= 11 is 0. The Morgan fingerprint density at radius 3 is 2.06 bits per heavy atom. The van der Waals surface area contributed by atoms with E-state index >= 15 is 0 Å². The highest BCUT2D eigenvalue weighted by molar-refractivity contribution is 4.78. The van der Waals surface area contributed by atoms with Gasteiger partial charge in [0.1, 0.15) is 0 Å². The molecule has 0 aliphatic rings. The summed E-state index contributed by atoms with van der Waals surface area (Å²) in [4.78, 5) is 4.47. The van der Waals surface area contributed by atoms with Gasteiger partial charge in [-0.2, -0.15) is 0 Å². The smallest absolute Gasteiger partial charge is 0.00865 e. The molecule has 0 amide bonds. The van der Waals surface area contributed by atoms with Gasteiger partial charge < -0.3 is 9.80 Å². The summed E-state index contributed by atoms with van der Waals surface area (Å²) in [6, 6.07) is 0.785. The van der Waals surface area contributed by atoms with Crippen LogP contribution in [0.3, 0.4) is 0 Å². The topological polar surface area (TPSA) is 6.48 Å². The Labute approximate surface area is 115 Å². The van der Waals surface area contributed by atoms with Crippen LogP contribution >= 0.6 is 0 Å². The summed E-state index contributed by atoms with van der Waals surface area (Å²) in [5.41, 5.74) is 0. The van der Waals surface area contributed by atoms with Gasteiger partial charge in [-0.25, -0.2) is 0 Å². The maximum absolute atomic E-state index is 2.37. The molecule has 0 fully saturated rings. The maximum atomic E-state index is 2.37. The minimum atomic E-state index is 0.785. The van der Waals surface area contributed by atoms with Crippen LogP contribution in [0.4, 0.5) is 0 Å². The van der Waals surface area contributed by atoms with Crippen LogP contribution in [0.15, 0.2) is 12.3 Å². The molecule has 2 heteroatoms. The normalized spacial score (nSPS) is 13.4. The van der Waals surface area contributed by atoms with Crippen molar-refractivity contribution in [3.8, 4) is 0 Å². The fraction of sp³-hybridized carbons (Fsp3) is 0.875. The molecule has 2 nitrogen and oxygen atoms in total. The van der Waals surface area contributed by atoms with Crippen LogP contribution < -0.4 is 0 Å². The summed E-state index contributed by atoms with van der Waals surface area (Å²) < 4.78 is 0. The van der Waals surface area contributed by atoms with Gasteiger partial charge in [0.2, 0.25) is 0 Å². The molecule has 0 aliphatic heterocycles. The molecule has 18 heavy (non-hydrogen) atoms. The second-order valence-corrected chi connectivity index (χ2v) is 5.72. The summed E-state index contributed by atoms with van der Waals surface area (Å²) in [5.74, 6) is 0. The molecule has 0 rings (SSSR count). The van der Waals surface area contributed by atoms with Crippen LogP contribution in [-0.4, -0.2) is 44.0 Å². The van der Waals surface area contributed by atoms with E-state index in [0.717, 1.165) is 6.04 Å². The van der Waals surface area contributed by atoms with E-state index in [9.17, 15) is 0 Å². The monoisotopic (exact) mass is 254 g/mol. The molecule has 0 radical (unpaired) electrons. The Kier molecular flexibility index (Phi) is 11.3. The number of unbranched alkanes of at least 4 members (excludes halogenated alkanes) is 5. The fourth-order valence-electron chi connectivity index (χ4n) is 2.29. The van der Waals surface area contributed by atoms with E-state index < -0.39 is 0 Å². The van der Waals surface area contributed by atoms with Gasteiger partial charge in [0.25, 0.3) is 0 Å². The highest BCUT2D eigenvalue weighted by Crippen LogP contribution is 2.12. The van der Waals surface area contributed by atoms with Crippen molar-refractivity contribution in [2.24, 2.45) is 0 Å². The Hall–Kier alpha value is -0.500. The van der Waals surface area contributed by atoms with E-state index in [4.69, 9.17) is 0 Å². The van der Waals surface area contributed by atoms with Crippen molar-refractivity contribution in [3.05, 3.63) is 12.3 Å². The standard InChI is InChI=1S/C16H34N2/c1-6-16(18(4)5)14-12-10-8-7-9-11-13-15-17(2)3/h13,15-16H,6-12,14H2,1-5H3. The van der Waals surface area contributed by atoms with Crippen molar-refractivity contribution in [2.75, 3.05) is 28.2 Å². The van der Waals surface area contributed by atoms with E-state index in [2.05, 4.69) is 57.2 Å². The lowest BCUT2D eigenvalue weighted by molar-refractivity contribution is 0.264. The van der Waals surface area contributed by atoms with Crippen LogP contribution in [0.1, 0.15) is 58.3 Å². The molecular weight excluding hydrogens is 220 g/mol. The number of hydrogen-bond acceptors (Lipinski definition) is 2. The zero-order valence-electron chi connectivity index (χ0n) is 13.3. The van der Waals surface area contributed by atoms with Crippen molar-refractivity contribution in [1.29, 1.82) is 0 Å². The third-order valence-corrected chi connectivity index (χ3v) is 3.51. The Bertz CT molecular complexity index is 197. The van der Waals surface area contributed by atoms with Crippen molar-refractivity contribution < 1.29 is 0 Å². The van der Waals surface area contributed by atoms with Crippen molar-refractivity contribution in [2.45, 2.75) is 64.3 Å². The van der Waals surface area contributed by atoms with Crippen LogP contribution in [0.25, 0.3) is 0 Å². The highest BCUT2D eigenvalue weighted by atomic mass is 15.1. The number of nitrogens with zero attached hydrogens (tertiary/aromatic N) is 2. The Balaban J connectivity index is 3.30. The van der Waals surface area contributed by atoms with E-state index in [1.54, 1.807) is 0 Å². The Morgan fingerprint density at radius 1 is 0.889 bits per heavy atom. The highest BCUT2D eigenvalue weighted by Gasteiger charge is 2.07. The van der Waals surface area contributed by atoms with Gasteiger partial charge in [-0.3, -0.25) is 0 Å². The largest absolute Gasteiger partial charge is 0.384 e. The van der Waals surface area contributed by atoms with Gasteiger partial charge in [0, 0.05) is 20.1 Å². The first-order valence-electron chi connectivity index (χ1n) is 7.57. The first-order valence-corrected chi connectivity index (χ1v) is 7.57. The summed E-state index contributed by atoms with van der Waals surface area (Å²) in [7, 11) is 8.55. The number of allylic oxidation sites excluding steroid dienone is 1. The fourth-order valence-corrected chi connectivity index (χ4v) is 2.29. The van der Waals surface area contributed by atoms with E-state index in [1.807, 2.05) is 0 Å². The average Bonchev–Trinajstić information content (AvgIpc) is 2.31. The quantitative estimate of drug-likeness (QED) is 0.511. The van der Waals surface area contributed by atoms with E-state index in [0.29, 0.717) is 0 Å². The minimum absolute atomic E-state index is 0.785. The van der Waals surface area contributed by atoms with Gasteiger partial charge in [-0.05, 0) is 46.0 Å². The van der Waals surface area contributed by atoms with Crippen molar-refractivity contribution in [3.63, 3.8) is 0 Å². The summed E-state index contributed by atoms with van der Waals surface area (Å²) in [6.45, 7) is 2.29. The third kappa shape index (κ3) is 10.6. The molecule has 0 aromatic rings. The molecule has 0 heterocycles. The lowest BCUT2D eigenvalue weighted by atomic mass is 10.0. The molecule has 0 N–H and O–H groups in total. The molecular formula is C16H34N2. The van der Waals surface area contributed by atoms with Gasteiger partial charge in [-0.1, -0.05) is 38.7 Å².